The van der Waals surface area contributed by atoms with Crippen molar-refractivity contribution in [2.75, 3.05) is 13.6 Å². The molecule has 1 aliphatic heterocycles. The van der Waals surface area contributed by atoms with Gasteiger partial charge in [0.05, 0.1) is 18.7 Å². The van der Waals surface area contributed by atoms with Gasteiger partial charge in [0.2, 0.25) is 5.91 Å². The molecule has 0 aromatic heterocycles. The number of amides is 2. The first-order chi connectivity index (χ1) is 16.0. The third kappa shape index (κ3) is 5.23. The third-order valence-electron chi connectivity index (χ3n) is 5.97. The first-order valence-corrected chi connectivity index (χ1v) is 11.1. The molecule has 1 saturated heterocycles. The topological polar surface area (TPSA) is 70.1 Å². The molecule has 1 fully saturated rings. The highest BCUT2D eigenvalue weighted by Crippen LogP contribution is 2.30. The summed E-state index contributed by atoms with van der Waals surface area (Å²) in [6, 6.07) is 27.8. The van der Waals surface area contributed by atoms with Gasteiger partial charge < -0.3 is 14.7 Å². The zero-order chi connectivity index (χ0) is 23.2. The number of carbonyl (C=O) groups excluding carboxylic acids is 2. The number of likely N-dealkylation sites (N-methyl/N-ethyl adjacent to an activating group) is 1. The van der Waals surface area contributed by atoms with Gasteiger partial charge in [0, 0.05) is 13.5 Å². The smallest absolute Gasteiger partial charge is 0.410 e. The predicted molar refractivity (Wildman–Crippen MR) is 125 cm³/mol. The highest BCUT2D eigenvalue weighted by atomic mass is 16.6. The van der Waals surface area contributed by atoms with Gasteiger partial charge in [0.25, 0.3) is 0 Å². The lowest BCUT2D eigenvalue weighted by Crippen LogP contribution is -2.47. The number of benzene rings is 3. The lowest BCUT2D eigenvalue weighted by molar-refractivity contribution is -0.135. The van der Waals surface area contributed by atoms with Crippen LogP contribution in [0.4, 0.5) is 4.79 Å². The van der Waals surface area contributed by atoms with Gasteiger partial charge in [-0.05, 0) is 16.7 Å². The van der Waals surface area contributed by atoms with Gasteiger partial charge in [-0.15, -0.1) is 0 Å². The number of hydrogen-bond acceptors (Lipinski definition) is 4. The molecule has 0 radical (unpaired) electrons. The van der Waals surface area contributed by atoms with E-state index < -0.39 is 18.2 Å². The third-order valence-corrected chi connectivity index (χ3v) is 5.97. The van der Waals surface area contributed by atoms with Crippen LogP contribution in [0.2, 0.25) is 0 Å². The normalized spacial score (nSPS) is 17.7. The number of carbonyl (C=O) groups is 2. The Hall–Kier alpha value is -3.64. The van der Waals surface area contributed by atoms with Crippen LogP contribution in [-0.4, -0.2) is 52.6 Å². The molecule has 1 N–H and O–H groups in total. The number of ether oxygens (including phenoxy) is 1. The van der Waals surface area contributed by atoms with E-state index in [1.807, 2.05) is 91.0 Å². The molecule has 3 aromatic carbocycles. The number of aliphatic hydroxyl groups is 1. The van der Waals surface area contributed by atoms with Crippen LogP contribution in [0.3, 0.4) is 0 Å². The molecular weight excluding hydrogens is 416 g/mol. The Balaban J connectivity index is 1.54. The van der Waals surface area contributed by atoms with Crippen LogP contribution in [-0.2, 0) is 16.1 Å². The zero-order valence-corrected chi connectivity index (χ0v) is 18.6. The summed E-state index contributed by atoms with van der Waals surface area (Å²) in [5.41, 5.74) is 2.80. The van der Waals surface area contributed by atoms with Crippen molar-refractivity contribution in [3.8, 4) is 0 Å². The molecule has 0 aliphatic carbocycles. The summed E-state index contributed by atoms with van der Waals surface area (Å²) in [6.45, 7) is 0.179. The molecule has 4 rings (SSSR count). The molecule has 170 valence electrons. The maximum atomic E-state index is 13.6. The lowest BCUT2D eigenvalue weighted by atomic mass is 9.96. The van der Waals surface area contributed by atoms with Crippen LogP contribution < -0.4 is 0 Å². The number of aliphatic hydroxyl groups excluding tert-OH is 1. The van der Waals surface area contributed by atoms with E-state index in [1.54, 1.807) is 11.9 Å². The maximum absolute atomic E-state index is 13.6. The summed E-state index contributed by atoms with van der Waals surface area (Å²) >= 11 is 0. The highest BCUT2D eigenvalue weighted by molar-refractivity contribution is 5.87. The van der Waals surface area contributed by atoms with E-state index in [2.05, 4.69) is 0 Å². The lowest BCUT2D eigenvalue weighted by Gasteiger charge is -2.33. The fourth-order valence-electron chi connectivity index (χ4n) is 4.32. The van der Waals surface area contributed by atoms with E-state index in [-0.39, 0.29) is 31.5 Å². The molecule has 6 nitrogen and oxygen atoms in total. The van der Waals surface area contributed by atoms with Crippen molar-refractivity contribution in [2.24, 2.45) is 0 Å². The molecule has 2 amide bonds. The van der Waals surface area contributed by atoms with Crippen molar-refractivity contribution in [1.29, 1.82) is 0 Å². The van der Waals surface area contributed by atoms with Gasteiger partial charge in [-0.3, -0.25) is 9.69 Å². The first kappa shape index (κ1) is 22.6. The van der Waals surface area contributed by atoms with E-state index in [9.17, 15) is 14.7 Å². The van der Waals surface area contributed by atoms with Gasteiger partial charge in [-0.2, -0.15) is 0 Å². The second-order valence-electron chi connectivity index (χ2n) is 8.27. The van der Waals surface area contributed by atoms with Gasteiger partial charge >= 0.3 is 6.09 Å². The van der Waals surface area contributed by atoms with E-state index in [1.165, 1.54) is 4.90 Å². The van der Waals surface area contributed by atoms with Crippen molar-refractivity contribution >= 4 is 12.0 Å². The van der Waals surface area contributed by atoms with E-state index >= 15 is 0 Å². The molecule has 0 bridgehead atoms. The van der Waals surface area contributed by atoms with Crippen molar-refractivity contribution < 1.29 is 19.4 Å². The van der Waals surface area contributed by atoms with Crippen LogP contribution in [0.15, 0.2) is 91.0 Å². The number of β-amino-alcohol motifs (C(OH)–C–C–N with tert-alkyl or cyclic N) is 1. The standard InChI is InChI=1S/C27H28N2O4/c1-28(25(21-13-7-3-8-14-21)22-15-9-4-10-16-22)26(31)24-17-23(30)18-29(24)27(32)33-19-20-11-5-2-6-12-20/h2-16,23-25,30H,17-19H2,1H3/t23?,24-/m0/s1. The molecule has 3 aromatic rings. The number of likely N-dealkylation sites (tertiary alicyclic amines) is 1. The minimum Gasteiger partial charge on any atom is -0.445 e. The Labute approximate surface area is 194 Å². The number of rotatable bonds is 6. The van der Waals surface area contributed by atoms with Crippen LogP contribution in [0.1, 0.15) is 29.2 Å². The quantitative estimate of drug-likeness (QED) is 0.624. The van der Waals surface area contributed by atoms with Crippen LogP contribution in [0.5, 0.6) is 0 Å². The zero-order valence-electron chi connectivity index (χ0n) is 18.6. The second-order valence-corrected chi connectivity index (χ2v) is 8.27. The van der Waals surface area contributed by atoms with Gasteiger partial charge in [-0.1, -0.05) is 91.0 Å². The van der Waals surface area contributed by atoms with Crippen molar-refractivity contribution in [3.63, 3.8) is 0 Å². The van der Waals surface area contributed by atoms with Crippen molar-refractivity contribution in [1.82, 2.24) is 9.80 Å². The van der Waals surface area contributed by atoms with E-state index in [0.717, 1.165) is 16.7 Å². The fraction of sp³-hybridized carbons (Fsp3) is 0.259. The fourth-order valence-corrected chi connectivity index (χ4v) is 4.32. The van der Waals surface area contributed by atoms with Crippen molar-refractivity contribution in [3.05, 3.63) is 108 Å². The average molecular weight is 445 g/mol. The van der Waals surface area contributed by atoms with Gasteiger partial charge in [-0.25, -0.2) is 4.79 Å². The second kappa shape index (κ2) is 10.3. The van der Waals surface area contributed by atoms with Crippen LogP contribution in [0, 0.1) is 0 Å². The highest BCUT2D eigenvalue weighted by Gasteiger charge is 2.42. The molecule has 6 heteroatoms. The number of nitrogens with zero attached hydrogens (tertiary/aromatic N) is 2. The van der Waals surface area contributed by atoms with E-state index in [0.29, 0.717) is 0 Å². The molecule has 33 heavy (non-hydrogen) atoms. The summed E-state index contributed by atoms with van der Waals surface area (Å²) in [5, 5.41) is 10.3. The molecule has 1 unspecified atom stereocenters. The minimum absolute atomic E-state index is 0.0687. The maximum Gasteiger partial charge on any atom is 0.410 e. The van der Waals surface area contributed by atoms with E-state index in [4.69, 9.17) is 4.74 Å². The van der Waals surface area contributed by atoms with Gasteiger partial charge in [0.15, 0.2) is 0 Å². The van der Waals surface area contributed by atoms with Crippen LogP contribution >= 0.6 is 0 Å². The molecule has 1 aliphatic rings. The largest absolute Gasteiger partial charge is 0.445 e. The predicted octanol–water partition coefficient (Wildman–Crippen LogP) is 4.01. The SMILES string of the molecule is CN(C(=O)[C@@H]1CC(O)CN1C(=O)OCc1ccccc1)C(c1ccccc1)c1ccccc1. The van der Waals surface area contributed by atoms with Crippen molar-refractivity contribution in [2.45, 2.75) is 31.2 Å². The van der Waals surface area contributed by atoms with Crippen LogP contribution in [0.25, 0.3) is 0 Å². The summed E-state index contributed by atoms with van der Waals surface area (Å²) in [4.78, 5) is 29.5. The monoisotopic (exact) mass is 444 g/mol. The molecule has 1 heterocycles. The molecular formula is C27H28N2O4. The summed E-state index contributed by atoms with van der Waals surface area (Å²) in [7, 11) is 1.74. The summed E-state index contributed by atoms with van der Waals surface area (Å²) in [6.07, 6.45) is -1.19. The first-order valence-electron chi connectivity index (χ1n) is 11.1. The molecule has 2 atom stereocenters. The Morgan fingerprint density at radius 3 is 2.00 bits per heavy atom. The number of hydrogen-bond donors (Lipinski definition) is 1. The minimum atomic E-state index is -0.789. The summed E-state index contributed by atoms with van der Waals surface area (Å²) in [5.74, 6) is -0.235. The Morgan fingerprint density at radius 2 is 1.45 bits per heavy atom. The Morgan fingerprint density at radius 1 is 0.939 bits per heavy atom. The Kier molecular flexibility index (Phi) is 7.05. The summed E-state index contributed by atoms with van der Waals surface area (Å²) < 4.78 is 5.46. The average Bonchev–Trinajstić information content (AvgIpc) is 3.26. The molecule has 0 spiro atoms. The van der Waals surface area contributed by atoms with Gasteiger partial charge in [0.1, 0.15) is 12.6 Å². The molecule has 0 saturated carbocycles. The Bertz CT molecular complexity index is 1020.